The molecule has 0 saturated carbocycles. The number of amides is 3. The van der Waals surface area contributed by atoms with Crippen molar-refractivity contribution in [2.24, 2.45) is 0 Å². The first kappa shape index (κ1) is 14.0. The van der Waals surface area contributed by atoms with Crippen molar-refractivity contribution in [1.82, 2.24) is 15.5 Å². The number of ether oxygens (including phenoxy) is 1. The Kier molecular flexibility index (Phi) is 5.16. The maximum Gasteiger partial charge on any atom is 0.330 e. The third-order valence-electron chi connectivity index (χ3n) is 2.45. The molecule has 100 valence electrons. The van der Waals surface area contributed by atoms with Gasteiger partial charge in [0.05, 0.1) is 0 Å². The maximum atomic E-state index is 11.5. The first-order valence-corrected chi connectivity index (χ1v) is 5.68. The Labute approximate surface area is 105 Å². The van der Waals surface area contributed by atoms with E-state index in [0.29, 0.717) is 26.2 Å². The molecule has 2 N–H and O–H groups in total. The van der Waals surface area contributed by atoms with Gasteiger partial charge in [0.25, 0.3) is 5.91 Å². The van der Waals surface area contributed by atoms with Crippen molar-refractivity contribution >= 4 is 17.9 Å². The van der Waals surface area contributed by atoms with Gasteiger partial charge in [0.1, 0.15) is 0 Å². The predicted molar refractivity (Wildman–Crippen MR) is 63.7 cm³/mol. The van der Waals surface area contributed by atoms with Gasteiger partial charge < -0.3 is 20.3 Å². The van der Waals surface area contributed by atoms with Gasteiger partial charge in [-0.1, -0.05) is 6.58 Å². The van der Waals surface area contributed by atoms with Crippen LogP contribution in [0.3, 0.4) is 0 Å². The van der Waals surface area contributed by atoms with E-state index in [1.54, 1.807) is 4.90 Å². The van der Waals surface area contributed by atoms with Crippen molar-refractivity contribution in [3.63, 3.8) is 0 Å². The highest BCUT2D eigenvalue weighted by Crippen LogP contribution is 1.96. The highest BCUT2D eigenvalue weighted by molar-refractivity contribution is 5.87. The summed E-state index contributed by atoms with van der Waals surface area (Å²) in [4.78, 5) is 35.2. The highest BCUT2D eigenvalue weighted by Gasteiger charge is 2.20. The summed E-state index contributed by atoms with van der Waals surface area (Å²) in [5, 5.41) is 5.25. The van der Waals surface area contributed by atoms with Crippen molar-refractivity contribution in [3.8, 4) is 0 Å². The molecule has 0 aromatic heterocycles. The van der Waals surface area contributed by atoms with Crippen molar-refractivity contribution in [1.29, 1.82) is 0 Å². The number of urea groups is 1. The number of carbonyl (C=O) groups is 3. The van der Waals surface area contributed by atoms with E-state index >= 15 is 0 Å². The highest BCUT2D eigenvalue weighted by atomic mass is 16.5. The smallest absolute Gasteiger partial charge is 0.330 e. The number of carbonyl (C=O) groups excluding carboxylic acids is 3. The van der Waals surface area contributed by atoms with Crippen molar-refractivity contribution in [2.45, 2.75) is 13.0 Å². The van der Waals surface area contributed by atoms with Crippen LogP contribution in [-0.2, 0) is 14.3 Å². The standard InChI is InChI=1S/C11H17N3O4/c1-3-9(15)18-8(2)10(16)12-4-6-14-7-5-13-11(14)17/h3,8H,1,4-7H2,2H3,(H,12,16)(H,13,17). The zero-order valence-electron chi connectivity index (χ0n) is 10.3. The van der Waals surface area contributed by atoms with E-state index in [4.69, 9.17) is 4.74 Å². The molecule has 1 heterocycles. The lowest BCUT2D eigenvalue weighted by Gasteiger charge is -2.16. The third kappa shape index (κ3) is 4.08. The Balaban J connectivity index is 2.22. The van der Waals surface area contributed by atoms with Crippen LogP contribution in [-0.4, -0.2) is 55.1 Å². The van der Waals surface area contributed by atoms with Gasteiger partial charge in [-0.25, -0.2) is 9.59 Å². The number of hydrogen-bond donors (Lipinski definition) is 2. The summed E-state index contributed by atoms with van der Waals surface area (Å²) in [5.41, 5.74) is 0. The first-order valence-electron chi connectivity index (χ1n) is 5.68. The maximum absolute atomic E-state index is 11.5. The molecule has 0 aromatic rings. The summed E-state index contributed by atoms with van der Waals surface area (Å²) in [5.74, 6) is -1.04. The lowest BCUT2D eigenvalue weighted by atomic mass is 10.3. The van der Waals surface area contributed by atoms with Crippen LogP contribution >= 0.6 is 0 Å². The molecule has 7 heteroatoms. The summed E-state index contributed by atoms with van der Waals surface area (Å²) >= 11 is 0. The number of esters is 1. The van der Waals surface area contributed by atoms with E-state index in [1.165, 1.54) is 6.92 Å². The fourth-order valence-electron chi connectivity index (χ4n) is 1.46. The van der Waals surface area contributed by atoms with Crippen LogP contribution in [0.2, 0.25) is 0 Å². The van der Waals surface area contributed by atoms with Crippen LogP contribution in [0.1, 0.15) is 6.92 Å². The molecule has 1 rings (SSSR count). The third-order valence-corrected chi connectivity index (χ3v) is 2.45. The number of nitrogens with zero attached hydrogens (tertiary/aromatic N) is 1. The molecule has 0 radical (unpaired) electrons. The van der Waals surface area contributed by atoms with Crippen LogP contribution < -0.4 is 10.6 Å². The van der Waals surface area contributed by atoms with E-state index in [1.807, 2.05) is 0 Å². The number of nitrogens with one attached hydrogen (secondary N) is 2. The van der Waals surface area contributed by atoms with E-state index in [-0.39, 0.29) is 6.03 Å². The van der Waals surface area contributed by atoms with Gasteiger partial charge in [-0.05, 0) is 6.92 Å². The minimum atomic E-state index is -0.872. The SMILES string of the molecule is C=CC(=O)OC(C)C(=O)NCCN1CCNC1=O. The summed E-state index contributed by atoms with van der Waals surface area (Å²) < 4.78 is 4.74. The first-order chi connectivity index (χ1) is 8.54. The van der Waals surface area contributed by atoms with Crippen LogP contribution in [0.5, 0.6) is 0 Å². The molecule has 3 amide bonds. The van der Waals surface area contributed by atoms with Gasteiger partial charge >= 0.3 is 12.0 Å². The van der Waals surface area contributed by atoms with Gasteiger partial charge in [-0.3, -0.25) is 4.79 Å². The van der Waals surface area contributed by atoms with Gasteiger partial charge in [-0.2, -0.15) is 0 Å². The molecule has 1 aliphatic rings. The Morgan fingerprint density at radius 1 is 1.67 bits per heavy atom. The second kappa shape index (κ2) is 6.63. The van der Waals surface area contributed by atoms with Crippen LogP contribution in [0.4, 0.5) is 4.79 Å². The van der Waals surface area contributed by atoms with Crippen molar-refractivity contribution in [2.75, 3.05) is 26.2 Å². The molecule has 7 nitrogen and oxygen atoms in total. The quantitative estimate of drug-likeness (QED) is 0.482. The second-order valence-corrected chi connectivity index (χ2v) is 3.79. The fourth-order valence-corrected chi connectivity index (χ4v) is 1.46. The monoisotopic (exact) mass is 255 g/mol. The Morgan fingerprint density at radius 2 is 2.39 bits per heavy atom. The summed E-state index contributed by atoms with van der Waals surface area (Å²) in [6.45, 7) is 6.72. The largest absolute Gasteiger partial charge is 0.449 e. The normalized spacial score (nSPS) is 15.8. The van der Waals surface area contributed by atoms with Crippen molar-refractivity contribution < 1.29 is 19.1 Å². The van der Waals surface area contributed by atoms with E-state index in [0.717, 1.165) is 6.08 Å². The van der Waals surface area contributed by atoms with Gasteiger partial charge in [0, 0.05) is 32.3 Å². The molecule has 1 unspecified atom stereocenters. The summed E-state index contributed by atoms with van der Waals surface area (Å²) in [6.07, 6.45) is 0.126. The minimum Gasteiger partial charge on any atom is -0.449 e. The van der Waals surface area contributed by atoms with Gasteiger partial charge in [0.2, 0.25) is 0 Å². The Hall–Kier alpha value is -2.05. The minimum absolute atomic E-state index is 0.129. The summed E-state index contributed by atoms with van der Waals surface area (Å²) in [7, 11) is 0. The average molecular weight is 255 g/mol. The van der Waals surface area contributed by atoms with Crippen molar-refractivity contribution in [3.05, 3.63) is 12.7 Å². The van der Waals surface area contributed by atoms with E-state index in [9.17, 15) is 14.4 Å². The van der Waals surface area contributed by atoms with Gasteiger partial charge in [-0.15, -0.1) is 0 Å². The predicted octanol–water partition coefficient (Wildman–Crippen LogP) is -0.754. The molecule has 1 atom stereocenters. The molecule has 18 heavy (non-hydrogen) atoms. The van der Waals surface area contributed by atoms with Crippen LogP contribution in [0, 0.1) is 0 Å². The zero-order valence-corrected chi connectivity index (χ0v) is 10.3. The number of hydrogen-bond acceptors (Lipinski definition) is 4. The Morgan fingerprint density at radius 3 is 2.94 bits per heavy atom. The molecular weight excluding hydrogens is 238 g/mol. The fraction of sp³-hybridized carbons (Fsp3) is 0.545. The molecule has 0 aromatic carbocycles. The molecule has 1 fully saturated rings. The molecular formula is C11H17N3O4. The molecule has 0 aliphatic carbocycles. The zero-order chi connectivity index (χ0) is 13.5. The average Bonchev–Trinajstić information content (AvgIpc) is 2.74. The van der Waals surface area contributed by atoms with Gasteiger partial charge in [0.15, 0.2) is 6.10 Å². The second-order valence-electron chi connectivity index (χ2n) is 3.79. The molecule has 0 spiro atoms. The topological polar surface area (TPSA) is 87.7 Å². The molecule has 1 saturated heterocycles. The van der Waals surface area contributed by atoms with E-state index < -0.39 is 18.0 Å². The lowest BCUT2D eigenvalue weighted by Crippen LogP contribution is -2.41. The Bertz CT molecular complexity index is 356. The van der Waals surface area contributed by atoms with Crippen LogP contribution in [0.15, 0.2) is 12.7 Å². The lowest BCUT2D eigenvalue weighted by molar-refractivity contribution is -0.150. The summed E-state index contributed by atoms with van der Waals surface area (Å²) in [6, 6.07) is -0.129. The number of rotatable bonds is 6. The molecule has 0 bridgehead atoms. The van der Waals surface area contributed by atoms with E-state index in [2.05, 4.69) is 17.2 Å². The van der Waals surface area contributed by atoms with Crippen LogP contribution in [0.25, 0.3) is 0 Å². The molecule has 1 aliphatic heterocycles.